The van der Waals surface area contributed by atoms with Gasteiger partial charge in [0, 0.05) is 24.6 Å². The number of ether oxygens (including phenoxy) is 4. The van der Waals surface area contributed by atoms with Crippen LogP contribution in [0.15, 0.2) is 48.5 Å². The highest BCUT2D eigenvalue weighted by molar-refractivity contribution is 7.80. The smallest absolute Gasteiger partial charge is 0.423 e. The molecule has 4 aliphatic rings. The van der Waals surface area contributed by atoms with Crippen LogP contribution in [0.3, 0.4) is 0 Å². The fraction of sp³-hybridized carbons (Fsp3) is 0.471. The number of rotatable bonds is 4. The topological polar surface area (TPSA) is 118 Å². The second kappa shape index (κ2) is 14.6. The normalized spacial score (nSPS) is 23.9. The summed E-state index contributed by atoms with van der Waals surface area (Å²) >= 11 is 10.9. The van der Waals surface area contributed by atoms with Gasteiger partial charge in [-0.15, -0.1) is 0 Å². The number of nitrogens with zero attached hydrogens (tertiary/aromatic N) is 4. The lowest BCUT2D eigenvalue weighted by molar-refractivity contribution is -0.134. The van der Waals surface area contributed by atoms with Crippen molar-refractivity contribution < 1.29 is 38.1 Å². The standard InChI is InChI=1S/2C17H20N2O4S/c2*1-3-23-16(21)18-14(20)17(9-4-10-22-11-17)19(15(18)24)13-7-5-12(2)6-8-13/h2*5-8H,3-4,9-11H2,1-2H3/t2*17-/m10/s1. The number of aryl methyl sites for hydroxylation is 2. The van der Waals surface area contributed by atoms with E-state index in [1.165, 1.54) is 0 Å². The van der Waals surface area contributed by atoms with Gasteiger partial charge in [0.2, 0.25) is 0 Å². The summed E-state index contributed by atoms with van der Waals surface area (Å²) in [5.74, 6) is -0.738. The summed E-state index contributed by atoms with van der Waals surface area (Å²) in [6.07, 6.45) is 1.16. The lowest BCUT2D eigenvalue weighted by atomic mass is 9.90. The minimum atomic E-state index is -0.975. The molecule has 4 fully saturated rings. The highest BCUT2D eigenvalue weighted by Gasteiger charge is 2.60. The molecule has 0 bridgehead atoms. The third-order valence-electron chi connectivity index (χ3n) is 8.75. The van der Waals surface area contributed by atoms with Crippen LogP contribution in [0.1, 0.15) is 50.7 Å². The monoisotopic (exact) mass is 696 g/mol. The highest BCUT2D eigenvalue weighted by Crippen LogP contribution is 2.41. The van der Waals surface area contributed by atoms with E-state index < -0.39 is 23.3 Å². The van der Waals surface area contributed by atoms with Gasteiger partial charge < -0.3 is 28.7 Å². The van der Waals surface area contributed by atoms with Gasteiger partial charge in [0.25, 0.3) is 11.8 Å². The maximum Gasteiger partial charge on any atom is 0.423 e. The molecule has 4 aliphatic heterocycles. The summed E-state index contributed by atoms with van der Waals surface area (Å²) < 4.78 is 21.2. The van der Waals surface area contributed by atoms with Crippen LogP contribution in [0.5, 0.6) is 0 Å². The molecule has 12 nitrogen and oxygen atoms in total. The van der Waals surface area contributed by atoms with Gasteiger partial charge in [-0.25, -0.2) is 9.59 Å². The summed E-state index contributed by atoms with van der Waals surface area (Å²) in [5.41, 5.74) is 1.81. The van der Waals surface area contributed by atoms with Crippen LogP contribution in [-0.4, -0.2) is 94.7 Å². The first-order valence-electron chi connectivity index (χ1n) is 16.0. The van der Waals surface area contributed by atoms with E-state index >= 15 is 0 Å². The maximum atomic E-state index is 13.1. The van der Waals surface area contributed by atoms with Crippen LogP contribution in [0.2, 0.25) is 0 Å². The first-order valence-corrected chi connectivity index (χ1v) is 16.8. The predicted octanol–water partition coefficient (Wildman–Crippen LogP) is 5.27. The summed E-state index contributed by atoms with van der Waals surface area (Å²) in [5, 5.41) is 0.292. The number of carbonyl (C=O) groups is 4. The first-order chi connectivity index (χ1) is 23.0. The molecule has 2 aromatic rings. The lowest BCUT2D eigenvalue weighted by Gasteiger charge is -2.38. The van der Waals surface area contributed by atoms with E-state index in [0.717, 1.165) is 45.1 Å². The molecule has 0 unspecified atom stereocenters. The average molecular weight is 697 g/mol. The summed E-state index contributed by atoms with van der Waals surface area (Å²) in [4.78, 5) is 56.1. The van der Waals surface area contributed by atoms with Gasteiger partial charge in [-0.05, 0) is 102 Å². The van der Waals surface area contributed by atoms with E-state index in [1.807, 2.05) is 62.4 Å². The number of imide groups is 2. The molecule has 0 saturated carbocycles. The molecule has 4 saturated heterocycles. The Morgan fingerprint density at radius 3 is 1.33 bits per heavy atom. The summed E-state index contributed by atoms with van der Waals surface area (Å²) in [6.45, 7) is 9.33. The number of hydrogen-bond donors (Lipinski definition) is 0. The third kappa shape index (κ3) is 6.29. The van der Waals surface area contributed by atoms with Crippen LogP contribution in [0, 0.1) is 13.8 Å². The Balaban J connectivity index is 0.000000188. The minimum Gasteiger partial charge on any atom is -0.449 e. The Hall–Kier alpha value is -3.98. The molecule has 4 amide bonds. The zero-order valence-electron chi connectivity index (χ0n) is 27.6. The molecule has 0 aliphatic carbocycles. The van der Waals surface area contributed by atoms with Crippen LogP contribution in [0.25, 0.3) is 0 Å². The van der Waals surface area contributed by atoms with Gasteiger partial charge in [-0.3, -0.25) is 9.59 Å². The molecular formula is C34H40N4O8S2. The average Bonchev–Trinajstić information content (AvgIpc) is 3.41. The second-order valence-corrected chi connectivity index (χ2v) is 12.7. The molecule has 6 rings (SSSR count). The molecule has 0 radical (unpaired) electrons. The van der Waals surface area contributed by atoms with Gasteiger partial charge >= 0.3 is 12.2 Å². The van der Waals surface area contributed by atoms with E-state index in [2.05, 4.69) is 0 Å². The zero-order chi connectivity index (χ0) is 34.6. The van der Waals surface area contributed by atoms with Crippen molar-refractivity contribution in [3.05, 3.63) is 59.7 Å². The van der Waals surface area contributed by atoms with Crippen LogP contribution in [-0.2, 0) is 28.5 Å². The largest absolute Gasteiger partial charge is 0.449 e. The molecule has 0 N–H and O–H groups in total. The van der Waals surface area contributed by atoms with Crippen molar-refractivity contribution in [1.82, 2.24) is 9.80 Å². The number of amides is 4. The minimum absolute atomic E-state index is 0.146. The van der Waals surface area contributed by atoms with Crippen LogP contribution in [0.4, 0.5) is 21.0 Å². The Kier molecular flexibility index (Phi) is 10.8. The molecule has 4 heterocycles. The third-order valence-corrected chi connectivity index (χ3v) is 9.48. The van der Waals surface area contributed by atoms with Gasteiger partial charge in [0.15, 0.2) is 21.3 Å². The Labute approximate surface area is 290 Å². The molecule has 0 aromatic heterocycles. The highest BCUT2D eigenvalue weighted by atomic mass is 32.1. The quantitative estimate of drug-likeness (QED) is 0.388. The number of anilines is 2. The van der Waals surface area contributed by atoms with E-state index in [9.17, 15) is 19.2 Å². The van der Waals surface area contributed by atoms with Crippen molar-refractivity contribution in [3.8, 4) is 0 Å². The molecule has 256 valence electrons. The number of hydrogen-bond acceptors (Lipinski definition) is 10. The van der Waals surface area contributed by atoms with Crippen molar-refractivity contribution in [3.63, 3.8) is 0 Å². The number of thiocarbonyl (C=S) groups is 2. The molecule has 48 heavy (non-hydrogen) atoms. The Bertz CT molecular complexity index is 1450. The van der Waals surface area contributed by atoms with E-state index in [0.29, 0.717) is 26.1 Å². The lowest BCUT2D eigenvalue weighted by Crippen LogP contribution is -2.55. The van der Waals surface area contributed by atoms with E-state index in [4.69, 9.17) is 43.4 Å². The van der Waals surface area contributed by atoms with Crippen molar-refractivity contribution >= 4 is 70.0 Å². The van der Waals surface area contributed by atoms with Crippen LogP contribution >= 0.6 is 24.4 Å². The number of benzene rings is 2. The first kappa shape index (κ1) is 35.3. The van der Waals surface area contributed by atoms with Gasteiger partial charge in [0.1, 0.15) is 0 Å². The molecule has 2 atom stereocenters. The van der Waals surface area contributed by atoms with Crippen LogP contribution < -0.4 is 9.80 Å². The SMILES string of the molecule is CCOC(=O)N1C(=O)[C@@]2(CCCOC2)N(c2ccc(C)cc2)C1=S.CCOC(=O)N1C(=O)[C@]2(CCCOC2)N(c2ccc(C)cc2)C1=S. The Morgan fingerprint density at radius 1 is 0.688 bits per heavy atom. The summed E-state index contributed by atoms with van der Waals surface area (Å²) in [7, 11) is 0. The molecular weight excluding hydrogens is 657 g/mol. The van der Waals surface area contributed by atoms with Gasteiger partial charge in [-0.1, -0.05) is 35.4 Å². The van der Waals surface area contributed by atoms with Crippen molar-refractivity contribution in [1.29, 1.82) is 0 Å². The zero-order valence-corrected chi connectivity index (χ0v) is 29.2. The Morgan fingerprint density at radius 2 is 1.04 bits per heavy atom. The van der Waals surface area contributed by atoms with Gasteiger partial charge in [0.05, 0.1) is 26.4 Å². The summed E-state index contributed by atoms with van der Waals surface area (Å²) in [6, 6.07) is 15.4. The van der Waals surface area contributed by atoms with Gasteiger partial charge in [-0.2, -0.15) is 9.80 Å². The fourth-order valence-corrected chi connectivity index (χ4v) is 7.27. The van der Waals surface area contributed by atoms with Crippen molar-refractivity contribution in [2.24, 2.45) is 0 Å². The number of carbonyl (C=O) groups excluding carboxylic acids is 4. The molecule has 14 heteroatoms. The van der Waals surface area contributed by atoms with Crippen molar-refractivity contribution in [2.45, 2.75) is 64.5 Å². The molecule has 2 aromatic carbocycles. The van der Waals surface area contributed by atoms with E-state index in [-0.39, 0.29) is 48.5 Å². The van der Waals surface area contributed by atoms with E-state index in [1.54, 1.807) is 23.6 Å². The maximum absolute atomic E-state index is 13.1. The predicted molar refractivity (Wildman–Crippen MR) is 186 cm³/mol. The fourth-order valence-electron chi connectivity index (χ4n) is 6.40. The van der Waals surface area contributed by atoms with Crippen molar-refractivity contribution in [2.75, 3.05) is 49.4 Å². The molecule has 2 spiro atoms. The second-order valence-electron chi connectivity index (χ2n) is 12.0.